The second-order valence-electron chi connectivity index (χ2n) is 5.82. The molecule has 6 heteroatoms. The highest BCUT2D eigenvalue weighted by molar-refractivity contribution is 7.88. The third-order valence-corrected chi connectivity index (χ3v) is 4.50. The van der Waals surface area contributed by atoms with E-state index < -0.39 is 10.0 Å². The molecule has 0 aliphatic carbocycles. The number of nitrogens with one attached hydrogen (secondary N) is 1. The van der Waals surface area contributed by atoms with Crippen LogP contribution in [0.15, 0.2) is 54.6 Å². The quantitative estimate of drug-likeness (QED) is 0.747. The lowest BCUT2D eigenvalue weighted by atomic mass is 10.1. The van der Waals surface area contributed by atoms with Gasteiger partial charge in [-0.2, -0.15) is 0 Å². The Morgan fingerprint density at radius 1 is 1.04 bits per heavy atom. The fourth-order valence-corrected chi connectivity index (χ4v) is 3.23. The molecule has 124 valence electrons. The van der Waals surface area contributed by atoms with Gasteiger partial charge < -0.3 is 5.32 Å². The average Bonchev–Trinajstić information content (AvgIpc) is 2.53. The predicted molar refractivity (Wildman–Crippen MR) is 97.1 cm³/mol. The minimum Gasteiger partial charge on any atom is -0.366 e. The first-order chi connectivity index (χ1) is 11.4. The van der Waals surface area contributed by atoms with Crippen molar-refractivity contribution in [2.75, 3.05) is 5.32 Å². The number of rotatable bonds is 5. The van der Waals surface area contributed by atoms with Crippen LogP contribution in [0.3, 0.4) is 0 Å². The summed E-state index contributed by atoms with van der Waals surface area (Å²) in [5.74, 6) is 0.703. The summed E-state index contributed by atoms with van der Waals surface area (Å²) in [6.45, 7) is 2.64. The van der Waals surface area contributed by atoms with Crippen LogP contribution in [-0.4, -0.2) is 13.4 Å². The summed E-state index contributed by atoms with van der Waals surface area (Å²) in [6, 6.07) is 17.5. The zero-order valence-corrected chi connectivity index (χ0v) is 14.2. The van der Waals surface area contributed by atoms with Crippen molar-refractivity contribution in [2.45, 2.75) is 19.2 Å². The normalized spacial score (nSPS) is 11.6. The van der Waals surface area contributed by atoms with Crippen LogP contribution in [0.4, 0.5) is 5.82 Å². The highest BCUT2D eigenvalue weighted by atomic mass is 32.2. The topological polar surface area (TPSA) is 85.1 Å². The fraction of sp³-hybridized carbons (Fsp3) is 0.167. The van der Waals surface area contributed by atoms with Crippen LogP contribution in [0.1, 0.15) is 16.7 Å². The minimum absolute atomic E-state index is 0.147. The molecule has 3 N–H and O–H groups in total. The van der Waals surface area contributed by atoms with E-state index in [0.717, 1.165) is 27.8 Å². The molecule has 1 heterocycles. The molecule has 0 aliphatic rings. The highest BCUT2D eigenvalue weighted by Crippen LogP contribution is 2.20. The van der Waals surface area contributed by atoms with Crippen LogP contribution < -0.4 is 10.5 Å². The van der Waals surface area contributed by atoms with E-state index in [1.54, 1.807) is 12.1 Å². The second kappa shape index (κ2) is 6.59. The van der Waals surface area contributed by atoms with Gasteiger partial charge in [-0.05, 0) is 35.7 Å². The van der Waals surface area contributed by atoms with Crippen LogP contribution in [0, 0.1) is 6.92 Å². The van der Waals surface area contributed by atoms with Gasteiger partial charge in [0, 0.05) is 11.9 Å². The first-order valence-electron chi connectivity index (χ1n) is 7.59. The van der Waals surface area contributed by atoms with E-state index >= 15 is 0 Å². The van der Waals surface area contributed by atoms with Gasteiger partial charge >= 0.3 is 0 Å². The molecule has 1 aromatic heterocycles. The van der Waals surface area contributed by atoms with Crippen LogP contribution in [-0.2, 0) is 22.3 Å². The zero-order valence-electron chi connectivity index (χ0n) is 13.4. The molecule has 0 fully saturated rings. The van der Waals surface area contributed by atoms with E-state index in [1.165, 1.54) is 0 Å². The number of anilines is 1. The lowest BCUT2D eigenvalue weighted by Gasteiger charge is -2.10. The number of aromatic nitrogens is 1. The van der Waals surface area contributed by atoms with Crippen molar-refractivity contribution >= 4 is 26.7 Å². The summed E-state index contributed by atoms with van der Waals surface area (Å²) < 4.78 is 22.2. The summed E-state index contributed by atoms with van der Waals surface area (Å²) in [4.78, 5) is 4.65. The third kappa shape index (κ3) is 4.10. The maximum absolute atomic E-state index is 11.1. The number of hydrogen-bond donors (Lipinski definition) is 2. The third-order valence-electron chi connectivity index (χ3n) is 3.77. The van der Waals surface area contributed by atoms with Gasteiger partial charge in [0.2, 0.25) is 10.0 Å². The average molecular weight is 341 g/mol. The number of pyridine rings is 1. The number of fused-ring (bicyclic) bond motifs is 1. The van der Waals surface area contributed by atoms with Crippen LogP contribution in [0.25, 0.3) is 10.9 Å². The molecule has 0 saturated carbocycles. The lowest BCUT2D eigenvalue weighted by molar-refractivity contribution is 0.597. The van der Waals surface area contributed by atoms with Crippen molar-refractivity contribution in [1.29, 1.82) is 0 Å². The van der Waals surface area contributed by atoms with Gasteiger partial charge in [-0.25, -0.2) is 18.5 Å². The molecule has 5 nitrogen and oxygen atoms in total. The van der Waals surface area contributed by atoms with Crippen LogP contribution in [0.5, 0.6) is 0 Å². The Labute approximate surface area is 141 Å². The zero-order chi connectivity index (χ0) is 17.2. The van der Waals surface area contributed by atoms with Gasteiger partial charge in [-0.1, -0.05) is 42.5 Å². The number of sulfonamides is 1. The van der Waals surface area contributed by atoms with Crippen LogP contribution >= 0.6 is 0 Å². The summed E-state index contributed by atoms with van der Waals surface area (Å²) in [7, 11) is -3.50. The molecular formula is C18H19N3O2S. The largest absolute Gasteiger partial charge is 0.366 e. The molecule has 0 aliphatic heterocycles. The van der Waals surface area contributed by atoms with E-state index in [4.69, 9.17) is 5.14 Å². The summed E-state index contributed by atoms with van der Waals surface area (Å²) in [5.41, 5.74) is 3.76. The number of benzene rings is 2. The first-order valence-corrected chi connectivity index (χ1v) is 9.31. The number of aryl methyl sites for hydroxylation is 1. The number of hydrogen-bond acceptors (Lipinski definition) is 4. The Morgan fingerprint density at radius 2 is 1.71 bits per heavy atom. The summed E-state index contributed by atoms with van der Waals surface area (Å²) in [6.07, 6.45) is 0. The van der Waals surface area contributed by atoms with E-state index in [2.05, 4.69) is 16.4 Å². The maximum Gasteiger partial charge on any atom is 0.213 e. The number of nitrogens with two attached hydrogens (primary N) is 1. The molecule has 3 aromatic rings. The maximum atomic E-state index is 11.1. The second-order valence-corrected chi connectivity index (χ2v) is 7.44. The van der Waals surface area contributed by atoms with E-state index in [1.807, 2.05) is 43.3 Å². The molecular weight excluding hydrogens is 322 g/mol. The summed E-state index contributed by atoms with van der Waals surface area (Å²) >= 11 is 0. The molecule has 24 heavy (non-hydrogen) atoms. The van der Waals surface area contributed by atoms with Crippen molar-refractivity contribution in [3.63, 3.8) is 0 Å². The number of para-hydroxylation sites is 1. The first kappa shape index (κ1) is 16.4. The highest BCUT2D eigenvalue weighted by Gasteiger charge is 2.06. The standard InChI is InChI=1S/C18H19N3O2S/c1-13-10-16-4-2-3-5-17(16)21-18(13)20-11-14-6-8-15(9-7-14)12-24(19,22)23/h2-10H,11-12H2,1H3,(H,20,21)(H2,19,22,23). The molecule has 0 spiro atoms. The van der Waals surface area contributed by atoms with Crippen molar-refractivity contribution in [1.82, 2.24) is 4.98 Å². The van der Waals surface area contributed by atoms with E-state index in [9.17, 15) is 8.42 Å². The van der Waals surface area contributed by atoms with Gasteiger partial charge in [0.1, 0.15) is 5.82 Å². The van der Waals surface area contributed by atoms with E-state index in [0.29, 0.717) is 12.1 Å². The molecule has 0 amide bonds. The van der Waals surface area contributed by atoms with Crippen molar-refractivity contribution < 1.29 is 8.42 Å². The van der Waals surface area contributed by atoms with Gasteiger partial charge in [-0.3, -0.25) is 0 Å². The fourth-order valence-electron chi connectivity index (χ4n) is 2.57. The van der Waals surface area contributed by atoms with Gasteiger partial charge in [0.25, 0.3) is 0 Å². The van der Waals surface area contributed by atoms with Crippen molar-refractivity contribution in [3.05, 3.63) is 71.3 Å². The molecule has 2 aromatic carbocycles. The number of nitrogens with zero attached hydrogens (tertiary/aromatic N) is 1. The molecule has 0 atom stereocenters. The summed E-state index contributed by atoms with van der Waals surface area (Å²) in [5, 5.41) is 9.51. The SMILES string of the molecule is Cc1cc2ccccc2nc1NCc1ccc(CS(N)(=O)=O)cc1. The molecule has 0 radical (unpaired) electrons. The Bertz CT molecular complexity index is 967. The molecule has 0 bridgehead atoms. The van der Waals surface area contributed by atoms with Gasteiger partial charge in [0.15, 0.2) is 0 Å². The Morgan fingerprint density at radius 3 is 2.42 bits per heavy atom. The Balaban J connectivity index is 1.72. The van der Waals surface area contributed by atoms with E-state index in [-0.39, 0.29) is 5.75 Å². The predicted octanol–water partition coefficient (Wildman–Crippen LogP) is 2.94. The van der Waals surface area contributed by atoms with Crippen molar-refractivity contribution in [3.8, 4) is 0 Å². The van der Waals surface area contributed by atoms with Gasteiger partial charge in [-0.15, -0.1) is 0 Å². The smallest absolute Gasteiger partial charge is 0.213 e. The van der Waals surface area contributed by atoms with Crippen molar-refractivity contribution in [2.24, 2.45) is 5.14 Å². The van der Waals surface area contributed by atoms with Crippen LogP contribution in [0.2, 0.25) is 0 Å². The Kier molecular flexibility index (Phi) is 4.51. The monoisotopic (exact) mass is 341 g/mol. The molecule has 0 saturated heterocycles. The lowest BCUT2D eigenvalue weighted by Crippen LogP contribution is -2.14. The Hall–Kier alpha value is -2.44. The van der Waals surface area contributed by atoms with Gasteiger partial charge in [0.05, 0.1) is 11.3 Å². The molecule has 0 unspecified atom stereocenters. The minimum atomic E-state index is -3.50. The number of primary sulfonamides is 1. The molecule has 3 rings (SSSR count).